The lowest BCUT2D eigenvalue weighted by Gasteiger charge is -2.37. The summed E-state index contributed by atoms with van der Waals surface area (Å²) in [7, 11) is 6.11. The topological polar surface area (TPSA) is 47.6 Å². The van der Waals surface area contributed by atoms with Gasteiger partial charge in [-0.05, 0) is 21.1 Å². The summed E-state index contributed by atoms with van der Waals surface area (Å²) >= 11 is 0. The third-order valence-corrected chi connectivity index (χ3v) is 3.12. The molecule has 1 aliphatic rings. The normalized spacial score (nSPS) is 23.3. The van der Waals surface area contributed by atoms with E-state index in [-0.39, 0.29) is 5.91 Å². The van der Waals surface area contributed by atoms with Gasteiger partial charge in [0.1, 0.15) is 0 Å². The smallest absolute Gasteiger partial charge is 0.221 e. The zero-order valence-corrected chi connectivity index (χ0v) is 10.6. The Hall–Kier alpha value is -0.650. The van der Waals surface area contributed by atoms with Crippen LogP contribution in [0.4, 0.5) is 0 Å². The molecule has 16 heavy (non-hydrogen) atoms. The first-order valence-electron chi connectivity index (χ1n) is 5.93. The Balaban J connectivity index is 2.22. The number of amides is 1. The molecule has 1 atom stereocenters. The average Bonchev–Trinajstić information content (AvgIpc) is 2.27. The molecule has 0 saturated carbocycles. The Kier molecular flexibility index (Phi) is 5.73. The number of likely N-dealkylation sites (N-methyl/N-ethyl adjacent to an activating group) is 2. The molecule has 1 fully saturated rings. The second-order valence-electron chi connectivity index (χ2n) is 4.55. The number of rotatable bonds is 5. The van der Waals surface area contributed by atoms with Crippen molar-refractivity contribution in [3.8, 4) is 0 Å². The van der Waals surface area contributed by atoms with Gasteiger partial charge in [0.25, 0.3) is 0 Å². The first kappa shape index (κ1) is 13.4. The second kappa shape index (κ2) is 6.83. The first-order chi connectivity index (χ1) is 7.63. The lowest BCUT2D eigenvalue weighted by Crippen LogP contribution is -2.54. The van der Waals surface area contributed by atoms with Gasteiger partial charge in [0, 0.05) is 45.2 Å². The molecule has 0 aromatic rings. The highest BCUT2D eigenvalue weighted by molar-refractivity contribution is 5.76. The van der Waals surface area contributed by atoms with E-state index in [1.807, 2.05) is 7.05 Å². The van der Waals surface area contributed by atoms with Crippen LogP contribution >= 0.6 is 0 Å². The van der Waals surface area contributed by atoms with Crippen molar-refractivity contribution >= 4 is 5.91 Å². The molecular formula is C11H24N4O. The van der Waals surface area contributed by atoms with Crippen LogP contribution in [0.1, 0.15) is 6.42 Å². The minimum Gasteiger partial charge on any atom is -0.354 e. The van der Waals surface area contributed by atoms with Gasteiger partial charge in [0.2, 0.25) is 5.91 Å². The van der Waals surface area contributed by atoms with Crippen molar-refractivity contribution in [1.29, 1.82) is 0 Å². The van der Waals surface area contributed by atoms with Crippen molar-refractivity contribution in [2.24, 2.45) is 0 Å². The second-order valence-corrected chi connectivity index (χ2v) is 4.55. The summed E-state index contributed by atoms with van der Waals surface area (Å²) in [5, 5.41) is 5.96. The summed E-state index contributed by atoms with van der Waals surface area (Å²) in [4.78, 5) is 16.1. The molecule has 5 nitrogen and oxygen atoms in total. The zero-order chi connectivity index (χ0) is 12.0. The number of hydrogen-bond acceptors (Lipinski definition) is 4. The van der Waals surface area contributed by atoms with Gasteiger partial charge in [-0.25, -0.2) is 0 Å². The SMILES string of the molecule is CNCCC(=O)NCC1CN(C)CCN1C. The van der Waals surface area contributed by atoms with Crippen LogP contribution in [0.3, 0.4) is 0 Å². The summed E-state index contributed by atoms with van der Waals surface area (Å²) in [5.41, 5.74) is 0. The van der Waals surface area contributed by atoms with E-state index in [1.165, 1.54) is 0 Å². The fraction of sp³-hybridized carbons (Fsp3) is 0.909. The van der Waals surface area contributed by atoms with Crippen molar-refractivity contribution in [2.45, 2.75) is 12.5 Å². The van der Waals surface area contributed by atoms with Crippen LogP contribution in [-0.4, -0.2) is 75.6 Å². The third-order valence-electron chi connectivity index (χ3n) is 3.12. The fourth-order valence-electron chi connectivity index (χ4n) is 1.88. The number of hydrogen-bond donors (Lipinski definition) is 2. The Morgan fingerprint density at radius 2 is 2.12 bits per heavy atom. The minimum atomic E-state index is 0.135. The fourth-order valence-corrected chi connectivity index (χ4v) is 1.88. The molecule has 1 rings (SSSR count). The highest BCUT2D eigenvalue weighted by Gasteiger charge is 2.22. The van der Waals surface area contributed by atoms with Gasteiger partial charge in [-0.15, -0.1) is 0 Å². The quantitative estimate of drug-likeness (QED) is 0.631. The van der Waals surface area contributed by atoms with E-state index in [9.17, 15) is 4.79 Å². The summed E-state index contributed by atoms with van der Waals surface area (Å²) in [6, 6.07) is 0.442. The van der Waals surface area contributed by atoms with Crippen LogP contribution in [0.15, 0.2) is 0 Å². The van der Waals surface area contributed by atoms with Gasteiger partial charge in [0.05, 0.1) is 0 Å². The third kappa shape index (κ3) is 4.47. The van der Waals surface area contributed by atoms with Crippen LogP contribution < -0.4 is 10.6 Å². The summed E-state index contributed by atoms with van der Waals surface area (Å²) in [6.45, 7) is 4.71. The maximum absolute atomic E-state index is 11.4. The molecule has 0 spiro atoms. The van der Waals surface area contributed by atoms with Crippen LogP contribution in [-0.2, 0) is 4.79 Å². The molecule has 1 aliphatic heterocycles. The zero-order valence-electron chi connectivity index (χ0n) is 10.6. The largest absolute Gasteiger partial charge is 0.354 e. The van der Waals surface area contributed by atoms with E-state index in [1.54, 1.807) is 0 Å². The predicted molar refractivity (Wildman–Crippen MR) is 65.5 cm³/mol. The van der Waals surface area contributed by atoms with Gasteiger partial charge in [-0.1, -0.05) is 0 Å². The molecule has 2 N–H and O–H groups in total. The number of carbonyl (C=O) groups is 1. The average molecular weight is 228 g/mol. The molecule has 0 radical (unpaired) electrons. The predicted octanol–water partition coefficient (Wildman–Crippen LogP) is -1.04. The first-order valence-corrected chi connectivity index (χ1v) is 5.93. The van der Waals surface area contributed by atoms with E-state index in [2.05, 4.69) is 34.5 Å². The van der Waals surface area contributed by atoms with Crippen LogP contribution in [0, 0.1) is 0 Å². The molecule has 0 aromatic carbocycles. The van der Waals surface area contributed by atoms with Gasteiger partial charge in [-0.3, -0.25) is 9.69 Å². The minimum absolute atomic E-state index is 0.135. The summed E-state index contributed by atoms with van der Waals surface area (Å²) < 4.78 is 0. The van der Waals surface area contributed by atoms with Gasteiger partial charge >= 0.3 is 0 Å². The summed E-state index contributed by atoms with van der Waals surface area (Å²) in [6.07, 6.45) is 0.558. The van der Waals surface area contributed by atoms with Crippen LogP contribution in [0.5, 0.6) is 0 Å². The number of piperazine rings is 1. The van der Waals surface area contributed by atoms with Crippen molar-refractivity contribution in [3.05, 3.63) is 0 Å². The van der Waals surface area contributed by atoms with Crippen molar-refractivity contribution in [2.75, 3.05) is 53.9 Å². The van der Waals surface area contributed by atoms with E-state index < -0.39 is 0 Å². The maximum atomic E-state index is 11.4. The number of carbonyl (C=O) groups excluding carboxylic acids is 1. The summed E-state index contributed by atoms with van der Waals surface area (Å²) in [5.74, 6) is 0.135. The maximum Gasteiger partial charge on any atom is 0.221 e. The lowest BCUT2D eigenvalue weighted by atomic mass is 10.2. The van der Waals surface area contributed by atoms with E-state index in [0.717, 1.165) is 32.7 Å². The van der Waals surface area contributed by atoms with E-state index in [4.69, 9.17) is 0 Å². The molecule has 1 saturated heterocycles. The van der Waals surface area contributed by atoms with Crippen molar-refractivity contribution in [1.82, 2.24) is 20.4 Å². The highest BCUT2D eigenvalue weighted by Crippen LogP contribution is 2.04. The Bertz CT molecular complexity index is 222. The Morgan fingerprint density at radius 1 is 1.38 bits per heavy atom. The standard InChI is InChI=1S/C11H24N4O/c1-12-5-4-11(16)13-8-10-9-14(2)6-7-15(10)3/h10,12H,4-9H2,1-3H3,(H,13,16). The highest BCUT2D eigenvalue weighted by atomic mass is 16.1. The molecule has 5 heteroatoms. The molecule has 94 valence electrons. The Morgan fingerprint density at radius 3 is 2.81 bits per heavy atom. The van der Waals surface area contributed by atoms with Crippen LogP contribution in [0.2, 0.25) is 0 Å². The van der Waals surface area contributed by atoms with Gasteiger partial charge in [0.15, 0.2) is 0 Å². The molecule has 1 unspecified atom stereocenters. The molecule has 1 heterocycles. The lowest BCUT2D eigenvalue weighted by molar-refractivity contribution is -0.121. The Labute approximate surface area is 98.2 Å². The van der Waals surface area contributed by atoms with E-state index in [0.29, 0.717) is 12.5 Å². The molecule has 0 aliphatic carbocycles. The van der Waals surface area contributed by atoms with Crippen LogP contribution in [0.25, 0.3) is 0 Å². The monoisotopic (exact) mass is 228 g/mol. The number of nitrogens with one attached hydrogen (secondary N) is 2. The van der Waals surface area contributed by atoms with Crippen molar-refractivity contribution in [3.63, 3.8) is 0 Å². The number of nitrogens with zero attached hydrogens (tertiary/aromatic N) is 2. The van der Waals surface area contributed by atoms with Crippen molar-refractivity contribution < 1.29 is 4.79 Å². The molecular weight excluding hydrogens is 204 g/mol. The van der Waals surface area contributed by atoms with Gasteiger partial charge in [-0.2, -0.15) is 0 Å². The molecule has 1 amide bonds. The molecule has 0 aromatic heterocycles. The van der Waals surface area contributed by atoms with Gasteiger partial charge < -0.3 is 15.5 Å². The molecule has 0 bridgehead atoms. The van der Waals surface area contributed by atoms with E-state index >= 15 is 0 Å².